The molecular weight excluding hydrogens is 422 g/mol. The number of nitrogens with zero attached hydrogens (tertiary/aromatic N) is 3. The van der Waals surface area contributed by atoms with E-state index in [2.05, 4.69) is 15.2 Å². The maximum absolute atomic E-state index is 13.8. The highest BCUT2D eigenvalue weighted by atomic mass is 19.3. The van der Waals surface area contributed by atoms with Crippen molar-refractivity contribution in [1.29, 1.82) is 0 Å². The van der Waals surface area contributed by atoms with Gasteiger partial charge in [0.05, 0.1) is 22.7 Å². The predicted octanol–water partition coefficient (Wildman–Crippen LogP) is 2.81. The van der Waals surface area contributed by atoms with Gasteiger partial charge in [0, 0.05) is 36.7 Å². The van der Waals surface area contributed by atoms with Crippen LogP contribution in [0.25, 0.3) is 10.9 Å². The standard InChI is InChI=1S/C22H22F2N4O4/c1-13(14-3-2-4-15(9-14)22(23,24)12-29)26-20(30)18-11-28(16-5-7-32-8-6-16)21(31)17-10-25-27-19(17)18/h2-4,9-11,16,29H,5-8,12H2,1H3,(H,25,27). The molecule has 0 atom stereocenters. The fourth-order valence-electron chi connectivity index (χ4n) is 3.79. The molecule has 0 unspecified atom stereocenters. The van der Waals surface area contributed by atoms with Gasteiger partial charge >= 0.3 is 0 Å². The number of nitrogens with one attached hydrogen (secondary N) is 1. The molecule has 0 radical (unpaired) electrons. The number of carbonyl (C=O) groups excluding carboxylic acids is 1. The Morgan fingerprint density at radius 1 is 1.38 bits per heavy atom. The molecule has 1 amide bonds. The number of hydrogen-bond donors (Lipinski definition) is 2. The van der Waals surface area contributed by atoms with E-state index in [1.165, 1.54) is 42.1 Å². The first-order chi connectivity index (χ1) is 15.3. The molecule has 1 aliphatic rings. The number of benzene rings is 1. The minimum absolute atomic E-state index is 0.107. The van der Waals surface area contributed by atoms with Gasteiger partial charge < -0.3 is 14.4 Å². The first-order valence-electron chi connectivity index (χ1n) is 10.2. The summed E-state index contributed by atoms with van der Waals surface area (Å²) in [7, 11) is 0. The Morgan fingerprint density at radius 3 is 2.84 bits per heavy atom. The lowest BCUT2D eigenvalue weighted by Gasteiger charge is -2.24. The van der Waals surface area contributed by atoms with Crippen LogP contribution in [0.1, 0.15) is 47.3 Å². The molecule has 3 heterocycles. The summed E-state index contributed by atoms with van der Waals surface area (Å²) in [5, 5.41) is 15.8. The van der Waals surface area contributed by atoms with E-state index in [1.54, 1.807) is 6.07 Å². The highest BCUT2D eigenvalue weighted by molar-refractivity contribution is 6.13. The van der Waals surface area contributed by atoms with Crippen LogP contribution in [-0.2, 0) is 10.7 Å². The number of carbonyl (C=O) groups is 1. The molecule has 10 heteroatoms. The SMILES string of the molecule is CC(=NC(=O)c1cn(C2CCOCC2)c(=O)c2cn[nH]c12)c1cccc(C(F)(F)CO)c1. The maximum Gasteiger partial charge on any atom is 0.295 e. The van der Waals surface area contributed by atoms with Crippen LogP contribution in [0, 0.1) is 0 Å². The molecule has 2 N–H and O–H groups in total. The van der Waals surface area contributed by atoms with Crippen LogP contribution in [0.4, 0.5) is 8.78 Å². The Labute approximate surface area is 181 Å². The van der Waals surface area contributed by atoms with Crippen molar-refractivity contribution < 1.29 is 23.4 Å². The quantitative estimate of drug-likeness (QED) is 0.588. The molecule has 0 aliphatic carbocycles. The summed E-state index contributed by atoms with van der Waals surface area (Å²) in [6.45, 7) is 1.26. The highest BCUT2D eigenvalue weighted by Gasteiger charge is 2.30. The summed E-state index contributed by atoms with van der Waals surface area (Å²) in [4.78, 5) is 30.0. The average Bonchev–Trinajstić information content (AvgIpc) is 3.30. The fourth-order valence-corrected chi connectivity index (χ4v) is 3.79. The number of fused-ring (bicyclic) bond motifs is 1. The van der Waals surface area contributed by atoms with Crippen LogP contribution in [0.15, 0.2) is 46.4 Å². The molecule has 1 aliphatic heterocycles. The van der Waals surface area contributed by atoms with Crippen molar-refractivity contribution in [3.63, 3.8) is 0 Å². The van der Waals surface area contributed by atoms with E-state index >= 15 is 0 Å². The lowest BCUT2D eigenvalue weighted by molar-refractivity contribution is -0.0556. The molecular formula is C22H22F2N4O4. The third kappa shape index (κ3) is 4.11. The maximum atomic E-state index is 13.8. The van der Waals surface area contributed by atoms with Gasteiger partial charge in [0.2, 0.25) is 0 Å². The van der Waals surface area contributed by atoms with Crippen LogP contribution in [-0.4, -0.2) is 51.3 Å². The zero-order valence-electron chi connectivity index (χ0n) is 17.3. The molecule has 3 aromatic rings. The van der Waals surface area contributed by atoms with Gasteiger partial charge in [-0.15, -0.1) is 0 Å². The van der Waals surface area contributed by atoms with Gasteiger partial charge in [0.25, 0.3) is 17.4 Å². The number of ether oxygens (including phenoxy) is 1. The Hall–Kier alpha value is -3.24. The summed E-state index contributed by atoms with van der Waals surface area (Å²) < 4.78 is 34.6. The summed E-state index contributed by atoms with van der Waals surface area (Å²) in [6.07, 6.45) is 4.14. The van der Waals surface area contributed by atoms with Gasteiger partial charge in [0.15, 0.2) is 0 Å². The Bertz CT molecular complexity index is 1240. The molecule has 2 aromatic heterocycles. The van der Waals surface area contributed by atoms with Crippen molar-refractivity contribution in [2.24, 2.45) is 4.99 Å². The van der Waals surface area contributed by atoms with Gasteiger partial charge in [-0.25, -0.2) is 4.99 Å². The van der Waals surface area contributed by atoms with E-state index in [-0.39, 0.29) is 39.3 Å². The van der Waals surface area contributed by atoms with Gasteiger partial charge in [0.1, 0.15) is 6.61 Å². The van der Waals surface area contributed by atoms with Crippen molar-refractivity contribution >= 4 is 22.5 Å². The Balaban J connectivity index is 1.73. The number of aliphatic hydroxyl groups excluding tert-OH is 1. The summed E-state index contributed by atoms with van der Waals surface area (Å²) in [6, 6.07) is 5.25. The molecule has 4 rings (SSSR count). The van der Waals surface area contributed by atoms with Gasteiger partial charge in [-0.2, -0.15) is 13.9 Å². The van der Waals surface area contributed by atoms with E-state index in [9.17, 15) is 18.4 Å². The minimum Gasteiger partial charge on any atom is -0.390 e. The summed E-state index contributed by atoms with van der Waals surface area (Å²) in [5.74, 6) is -4.03. The number of aliphatic imine (C=N–C) groups is 1. The van der Waals surface area contributed by atoms with Crippen LogP contribution in [0.5, 0.6) is 0 Å². The van der Waals surface area contributed by atoms with Gasteiger partial charge in [-0.1, -0.05) is 18.2 Å². The number of aromatic nitrogens is 3. The van der Waals surface area contributed by atoms with E-state index in [1.807, 2.05) is 0 Å². The predicted molar refractivity (Wildman–Crippen MR) is 113 cm³/mol. The number of amides is 1. The Kier molecular flexibility index (Phi) is 5.98. The van der Waals surface area contributed by atoms with Crippen molar-refractivity contribution in [3.05, 3.63) is 63.7 Å². The number of rotatable bonds is 5. The second kappa shape index (κ2) is 8.71. The monoisotopic (exact) mass is 444 g/mol. The molecule has 0 saturated carbocycles. The molecule has 0 bridgehead atoms. The first kappa shape index (κ1) is 22.0. The van der Waals surface area contributed by atoms with E-state index in [0.29, 0.717) is 31.6 Å². The number of alkyl halides is 2. The van der Waals surface area contributed by atoms with Crippen LogP contribution < -0.4 is 5.56 Å². The number of aliphatic hydroxyl groups is 1. The lowest BCUT2D eigenvalue weighted by atomic mass is 10.0. The van der Waals surface area contributed by atoms with E-state index in [4.69, 9.17) is 9.84 Å². The molecule has 1 aromatic carbocycles. The zero-order valence-corrected chi connectivity index (χ0v) is 17.3. The molecule has 0 spiro atoms. The Morgan fingerprint density at radius 2 is 2.12 bits per heavy atom. The van der Waals surface area contributed by atoms with Gasteiger partial charge in [-0.3, -0.25) is 14.7 Å². The second-order valence-corrected chi connectivity index (χ2v) is 7.70. The number of aromatic amines is 1. The fraction of sp³-hybridized carbons (Fsp3) is 0.364. The van der Waals surface area contributed by atoms with Crippen molar-refractivity contribution in [2.75, 3.05) is 19.8 Å². The number of hydrogen-bond acceptors (Lipinski definition) is 5. The number of H-pyrrole nitrogens is 1. The van der Waals surface area contributed by atoms with E-state index < -0.39 is 18.4 Å². The average molecular weight is 444 g/mol. The molecule has 8 nitrogen and oxygen atoms in total. The highest BCUT2D eigenvalue weighted by Crippen LogP contribution is 2.28. The third-order valence-corrected chi connectivity index (χ3v) is 5.63. The van der Waals surface area contributed by atoms with Crippen molar-refractivity contribution in [1.82, 2.24) is 14.8 Å². The van der Waals surface area contributed by atoms with Crippen LogP contribution in [0.2, 0.25) is 0 Å². The van der Waals surface area contributed by atoms with Crippen molar-refractivity contribution in [3.8, 4) is 0 Å². The zero-order chi connectivity index (χ0) is 22.9. The summed E-state index contributed by atoms with van der Waals surface area (Å²) >= 11 is 0. The van der Waals surface area contributed by atoms with E-state index in [0.717, 1.165) is 0 Å². The molecule has 32 heavy (non-hydrogen) atoms. The largest absolute Gasteiger partial charge is 0.390 e. The normalized spacial score (nSPS) is 15.9. The lowest BCUT2D eigenvalue weighted by Crippen LogP contribution is -2.29. The molecule has 168 valence electrons. The topological polar surface area (TPSA) is 110 Å². The second-order valence-electron chi connectivity index (χ2n) is 7.70. The third-order valence-electron chi connectivity index (χ3n) is 5.63. The smallest absolute Gasteiger partial charge is 0.295 e. The number of pyridine rings is 1. The minimum atomic E-state index is -3.40. The van der Waals surface area contributed by atoms with Gasteiger partial charge in [-0.05, 0) is 31.4 Å². The van der Waals surface area contributed by atoms with Crippen LogP contribution in [0.3, 0.4) is 0 Å². The summed E-state index contributed by atoms with van der Waals surface area (Å²) in [5.41, 5.74) is 0.366. The van der Waals surface area contributed by atoms with Crippen molar-refractivity contribution in [2.45, 2.75) is 31.7 Å². The number of halogens is 2. The first-order valence-corrected chi connectivity index (χ1v) is 10.2. The molecule has 1 saturated heterocycles. The molecule has 1 fully saturated rings. The van der Waals surface area contributed by atoms with Crippen LogP contribution >= 0.6 is 0 Å².